The lowest BCUT2D eigenvalue weighted by molar-refractivity contribution is -0.363. The summed E-state index contributed by atoms with van der Waals surface area (Å²) in [6.07, 6.45) is 6.52. The van der Waals surface area contributed by atoms with Gasteiger partial charge in [-0.05, 0) is 62.2 Å². The number of hydrogen-bond donors (Lipinski definition) is 2. The smallest absolute Gasteiger partial charge is 0.493 e. The van der Waals surface area contributed by atoms with E-state index < -0.39 is 6.97 Å². The van der Waals surface area contributed by atoms with Crippen LogP contribution in [0.3, 0.4) is 0 Å². The molecule has 2 aliphatic rings. The topological polar surface area (TPSA) is 131 Å². The van der Waals surface area contributed by atoms with E-state index in [1.54, 1.807) is 31.3 Å². The minimum Gasteiger partial charge on any atom is -0.493 e. The number of aryl methyl sites for hydroxylation is 2. The second-order valence-corrected chi connectivity index (χ2v) is 11.1. The lowest BCUT2D eigenvalue weighted by Crippen LogP contribution is -2.51. The summed E-state index contributed by atoms with van der Waals surface area (Å²) in [7, 11) is 3.05. The van der Waals surface area contributed by atoms with E-state index in [2.05, 4.69) is 9.97 Å². The molecular formula is C31H37BF2N6O4. The van der Waals surface area contributed by atoms with Crippen molar-refractivity contribution in [2.45, 2.75) is 52.9 Å². The molecule has 1 unspecified atom stereocenters. The fourth-order valence-corrected chi connectivity index (χ4v) is 6.10. The van der Waals surface area contributed by atoms with Gasteiger partial charge < -0.3 is 43.3 Å². The van der Waals surface area contributed by atoms with Gasteiger partial charge in [0.1, 0.15) is 17.3 Å². The van der Waals surface area contributed by atoms with Crippen molar-refractivity contribution < 1.29 is 32.1 Å². The molecule has 1 aromatic carbocycles. The van der Waals surface area contributed by atoms with Crippen LogP contribution in [0, 0.1) is 13.8 Å². The van der Waals surface area contributed by atoms with Gasteiger partial charge in [0.15, 0.2) is 17.2 Å². The Morgan fingerprint density at radius 2 is 1.75 bits per heavy atom. The van der Waals surface area contributed by atoms with Gasteiger partial charge in [0.2, 0.25) is 11.7 Å². The number of allylic oxidation sites excluding steroid dienone is 3. The Balaban J connectivity index is 1.19. The number of fused-ring (bicyclic) bond motifs is 2. The Morgan fingerprint density at radius 1 is 1.05 bits per heavy atom. The molecule has 1 atom stereocenters. The third kappa shape index (κ3) is 5.65. The third-order valence-corrected chi connectivity index (χ3v) is 8.12. The number of nitrogens with two attached hydrogens (primary N) is 2. The molecule has 13 heteroatoms. The number of nitrogens with zero attached hydrogens (tertiary/aromatic N) is 4. The molecule has 44 heavy (non-hydrogen) atoms. The molecule has 0 fully saturated rings. The molecular weight excluding hydrogens is 568 g/mol. The van der Waals surface area contributed by atoms with Crippen LogP contribution < -0.4 is 25.7 Å². The van der Waals surface area contributed by atoms with E-state index in [1.165, 1.54) is 14.2 Å². The highest BCUT2D eigenvalue weighted by Gasteiger charge is 2.53. The molecule has 0 spiro atoms. The van der Waals surface area contributed by atoms with Crippen molar-refractivity contribution in [3.05, 3.63) is 70.3 Å². The first-order chi connectivity index (χ1) is 21.0. The van der Waals surface area contributed by atoms with Gasteiger partial charge in [0, 0.05) is 60.9 Å². The second kappa shape index (κ2) is 12.1. The summed E-state index contributed by atoms with van der Waals surface area (Å²) in [5.74, 6) is 1.71. The number of halogens is 2. The molecule has 5 rings (SSSR count). The number of ketones is 1. The number of hydrogen-bond acceptors (Lipinski definition) is 8. The number of methoxy groups -OCH3 is 2. The predicted molar refractivity (Wildman–Crippen MR) is 166 cm³/mol. The summed E-state index contributed by atoms with van der Waals surface area (Å²) in [5, 5.41) is 0. The normalized spacial score (nSPS) is 17.2. The third-order valence-electron chi connectivity index (χ3n) is 8.12. The number of aromatic nitrogens is 3. The largest absolute Gasteiger partial charge is 0.737 e. The van der Waals surface area contributed by atoms with Crippen LogP contribution >= 0.6 is 0 Å². The Morgan fingerprint density at radius 3 is 2.41 bits per heavy atom. The van der Waals surface area contributed by atoms with E-state index in [-0.39, 0.29) is 37.6 Å². The number of anilines is 2. The van der Waals surface area contributed by atoms with Crippen molar-refractivity contribution >= 4 is 35.8 Å². The molecule has 2 aliphatic heterocycles. The number of ether oxygens (including phenoxy) is 3. The highest BCUT2D eigenvalue weighted by Crippen LogP contribution is 2.40. The first-order valence-electron chi connectivity index (χ1n) is 14.5. The van der Waals surface area contributed by atoms with Crippen molar-refractivity contribution in [1.82, 2.24) is 14.4 Å². The number of nitrogen functional groups attached to an aromatic ring is 2. The molecule has 2 aromatic heterocycles. The quantitative estimate of drug-likeness (QED) is 0.221. The van der Waals surface area contributed by atoms with Gasteiger partial charge in [-0.25, -0.2) is 4.98 Å². The Bertz CT molecular complexity index is 1700. The maximum absolute atomic E-state index is 15.8. The summed E-state index contributed by atoms with van der Waals surface area (Å²) < 4.78 is 51.0. The van der Waals surface area contributed by atoms with Gasteiger partial charge in [-0.1, -0.05) is 0 Å². The van der Waals surface area contributed by atoms with Crippen molar-refractivity contribution in [2.75, 3.05) is 32.3 Å². The van der Waals surface area contributed by atoms with Gasteiger partial charge >= 0.3 is 6.97 Å². The van der Waals surface area contributed by atoms with Gasteiger partial charge in [-0.15, -0.1) is 0 Å². The van der Waals surface area contributed by atoms with Crippen LogP contribution in [0.5, 0.6) is 17.2 Å². The molecule has 4 heterocycles. The van der Waals surface area contributed by atoms with Crippen molar-refractivity contribution in [3.63, 3.8) is 0 Å². The first kappa shape index (κ1) is 30.8. The summed E-state index contributed by atoms with van der Waals surface area (Å²) in [4.78, 5) is 20.8. The van der Waals surface area contributed by atoms with Crippen LogP contribution in [-0.2, 0) is 11.2 Å². The van der Waals surface area contributed by atoms with E-state index in [0.29, 0.717) is 64.3 Å². The molecule has 0 radical (unpaired) electrons. The monoisotopic (exact) mass is 605 g/mol. The predicted octanol–water partition coefficient (Wildman–Crippen LogP) is 4.87. The van der Waals surface area contributed by atoms with Crippen molar-refractivity contribution in [3.8, 4) is 17.2 Å². The fraction of sp³-hybridized carbons (Fsp3) is 0.355. The van der Waals surface area contributed by atoms with Gasteiger partial charge in [0.25, 0.3) is 0 Å². The highest BCUT2D eigenvalue weighted by molar-refractivity contribution is 6.58. The summed E-state index contributed by atoms with van der Waals surface area (Å²) in [6.45, 7) is 1.60. The van der Waals surface area contributed by atoms with Crippen molar-refractivity contribution in [2.24, 2.45) is 0 Å². The number of carbonyl (C=O) groups excluding carboxylic acids is 1. The zero-order chi connectivity index (χ0) is 31.8. The Kier molecular flexibility index (Phi) is 8.49. The van der Waals surface area contributed by atoms with Gasteiger partial charge in [-0.3, -0.25) is 4.79 Å². The number of benzene rings is 1. The van der Waals surface area contributed by atoms with Crippen LogP contribution in [0.2, 0.25) is 0 Å². The lowest BCUT2D eigenvalue weighted by Gasteiger charge is -2.32. The van der Waals surface area contributed by atoms with Crippen molar-refractivity contribution in [1.29, 1.82) is 0 Å². The fourth-order valence-electron chi connectivity index (χ4n) is 6.10. The number of carbonyl (C=O) groups is 1. The maximum atomic E-state index is 15.8. The van der Waals surface area contributed by atoms with Gasteiger partial charge in [-0.2, -0.15) is 4.98 Å². The van der Waals surface area contributed by atoms with E-state index in [4.69, 9.17) is 25.7 Å². The zero-order valence-corrected chi connectivity index (χ0v) is 25.6. The molecule has 10 nitrogen and oxygen atoms in total. The van der Waals surface area contributed by atoms with Crippen LogP contribution in [0.1, 0.15) is 60.7 Å². The first-order valence-corrected chi connectivity index (χ1v) is 14.5. The van der Waals surface area contributed by atoms with E-state index >= 15 is 8.63 Å². The van der Waals surface area contributed by atoms with Crippen LogP contribution in [0.4, 0.5) is 20.4 Å². The molecule has 4 N–H and O–H groups in total. The SMILES string of the molecule is COc1cc(Cc2cnc(N)nc2N)cc(OC)c1OCCCC(=O)CCC1=[N+]2C(=C(C)c3c(C)cc(C)n3[B-]2(F)[18F])C=C1. The maximum Gasteiger partial charge on any atom is 0.737 e. The van der Waals surface area contributed by atoms with Crippen LogP contribution in [0.25, 0.3) is 5.57 Å². The number of rotatable bonds is 12. The average Bonchev–Trinajstić information content (AvgIpc) is 3.56. The minimum absolute atomic E-state index is 0.0252. The van der Waals surface area contributed by atoms with E-state index in [9.17, 15) is 4.79 Å². The lowest BCUT2D eigenvalue weighted by atomic mass is 9.86. The van der Waals surface area contributed by atoms with Crippen LogP contribution in [-0.4, -0.2) is 58.2 Å². The summed E-state index contributed by atoms with van der Waals surface area (Å²) in [6, 6.07) is 5.42. The molecule has 232 valence electrons. The highest BCUT2D eigenvalue weighted by atomic mass is 19.1. The summed E-state index contributed by atoms with van der Waals surface area (Å²) in [5.41, 5.74) is 16.8. The average molecular weight is 605 g/mol. The standard InChI is InChI=1S/C31H37BF2N6O4/c1-18-13-19(2)39-28(18)20(3)25-11-9-23(40(25)32(39,33)34)8-10-24(41)7-6-12-44-29-26(42-4)15-21(16-27(29)43-5)14-22-17-37-31(36)38-30(22)35/h9,11,13,15-17H,6-8,10,12,14H2,1-5H3,(H4,35,36,37,38)/i33-1. The van der Waals surface area contributed by atoms with Gasteiger partial charge in [0.05, 0.1) is 20.8 Å². The Hall–Kier alpha value is -4.68. The molecule has 0 saturated carbocycles. The minimum atomic E-state index is -4.06. The molecule has 0 saturated heterocycles. The molecule has 0 aliphatic carbocycles. The summed E-state index contributed by atoms with van der Waals surface area (Å²) >= 11 is 0. The molecule has 0 bridgehead atoms. The van der Waals surface area contributed by atoms with Crippen LogP contribution in [0.15, 0.2) is 42.2 Å². The Labute approximate surface area is 255 Å². The zero-order valence-electron chi connectivity index (χ0n) is 25.6. The van der Waals surface area contributed by atoms with E-state index in [0.717, 1.165) is 25.7 Å². The second-order valence-electron chi connectivity index (χ2n) is 11.1. The number of Topliss-reactive ketones (excluding diaryl/α,β-unsaturated/α-hetero) is 1. The molecule has 0 amide bonds. The molecule has 3 aromatic rings. The van der Waals surface area contributed by atoms with E-state index in [1.807, 2.05) is 26.0 Å².